The average molecular weight is 351 g/mol. The molecule has 0 aromatic heterocycles. The largest absolute Gasteiger partial charge is 0.393 e. The Balaban J connectivity index is 1.88. The molecule has 130 valence electrons. The van der Waals surface area contributed by atoms with Crippen molar-refractivity contribution in [2.75, 3.05) is 39.3 Å². The van der Waals surface area contributed by atoms with Crippen LogP contribution in [0.15, 0.2) is 29.2 Å². The fraction of sp³-hybridized carbons (Fsp3) is 0.571. The molecule has 5 nitrogen and oxygen atoms in total. The Hall–Kier alpha value is -1.16. The summed E-state index contributed by atoms with van der Waals surface area (Å²) in [5, 5.41) is 3.21. The lowest BCUT2D eigenvalue weighted by molar-refractivity contribution is -0.127. The third-order valence-corrected chi connectivity index (χ3v) is 5.04. The molecular weight excluding hydrogens is 331 g/mol. The minimum atomic E-state index is -4.30. The Bertz CT molecular complexity index is 597. The monoisotopic (exact) mass is 351 g/mol. The topological polar surface area (TPSA) is 61.4 Å². The fourth-order valence-electron chi connectivity index (χ4n) is 2.37. The minimum absolute atomic E-state index is 0.0243. The van der Waals surface area contributed by atoms with E-state index in [-0.39, 0.29) is 17.0 Å². The highest BCUT2D eigenvalue weighted by atomic mass is 32.2. The SMILES string of the molecule is O=S(=O)(NCCN1CCNCC1)c1ccc(CC(F)(F)F)cc1. The van der Waals surface area contributed by atoms with Crippen LogP contribution in [0.1, 0.15) is 5.56 Å². The Kier molecular flexibility index (Phi) is 6.01. The normalized spacial score (nSPS) is 17.3. The van der Waals surface area contributed by atoms with Crippen molar-refractivity contribution >= 4 is 10.0 Å². The summed E-state index contributed by atoms with van der Waals surface area (Å²) in [5.74, 6) is 0. The van der Waals surface area contributed by atoms with E-state index in [2.05, 4.69) is 14.9 Å². The first-order valence-corrected chi connectivity index (χ1v) is 8.83. The molecule has 0 saturated carbocycles. The summed E-state index contributed by atoms with van der Waals surface area (Å²) in [5.41, 5.74) is 0.0391. The number of rotatable bonds is 6. The van der Waals surface area contributed by atoms with Crippen LogP contribution in [0.2, 0.25) is 0 Å². The summed E-state index contributed by atoms with van der Waals surface area (Å²) in [7, 11) is -3.70. The van der Waals surface area contributed by atoms with E-state index in [1.165, 1.54) is 24.3 Å². The molecular formula is C14H20F3N3O2S. The van der Waals surface area contributed by atoms with Crippen molar-refractivity contribution in [3.63, 3.8) is 0 Å². The molecule has 1 aliphatic rings. The van der Waals surface area contributed by atoms with Crippen LogP contribution in [0.25, 0.3) is 0 Å². The lowest BCUT2D eigenvalue weighted by Gasteiger charge is -2.27. The zero-order valence-corrected chi connectivity index (χ0v) is 13.4. The van der Waals surface area contributed by atoms with Crippen molar-refractivity contribution in [1.82, 2.24) is 14.9 Å². The second kappa shape index (κ2) is 7.61. The minimum Gasteiger partial charge on any atom is -0.314 e. The van der Waals surface area contributed by atoms with Crippen LogP contribution in [-0.2, 0) is 16.4 Å². The first-order chi connectivity index (χ1) is 10.8. The van der Waals surface area contributed by atoms with Crippen LogP contribution in [0.3, 0.4) is 0 Å². The van der Waals surface area contributed by atoms with Crippen LogP contribution >= 0.6 is 0 Å². The molecule has 0 bridgehead atoms. The number of nitrogens with zero attached hydrogens (tertiary/aromatic N) is 1. The van der Waals surface area contributed by atoms with Gasteiger partial charge in [0.15, 0.2) is 0 Å². The molecule has 2 N–H and O–H groups in total. The lowest BCUT2D eigenvalue weighted by Crippen LogP contribution is -2.46. The number of nitrogens with one attached hydrogen (secondary N) is 2. The summed E-state index contributed by atoms with van der Waals surface area (Å²) >= 11 is 0. The molecule has 2 rings (SSSR count). The van der Waals surface area contributed by atoms with E-state index in [0.717, 1.165) is 26.2 Å². The molecule has 0 radical (unpaired) electrons. The van der Waals surface area contributed by atoms with Gasteiger partial charge < -0.3 is 5.32 Å². The van der Waals surface area contributed by atoms with E-state index in [1.807, 2.05) is 0 Å². The van der Waals surface area contributed by atoms with Gasteiger partial charge in [-0.2, -0.15) is 13.2 Å². The maximum Gasteiger partial charge on any atom is 0.393 e. The second-order valence-corrected chi connectivity index (χ2v) is 7.19. The molecule has 0 aliphatic carbocycles. The zero-order chi connectivity index (χ0) is 16.9. The standard InChI is InChI=1S/C14H20F3N3O2S/c15-14(16,17)11-12-1-3-13(4-2-12)23(21,22)19-7-10-20-8-5-18-6-9-20/h1-4,18-19H,5-11H2. The number of halogens is 3. The van der Waals surface area contributed by atoms with E-state index < -0.39 is 22.6 Å². The Morgan fingerprint density at radius 1 is 1.13 bits per heavy atom. The highest BCUT2D eigenvalue weighted by molar-refractivity contribution is 7.89. The molecule has 23 heavy (non-hydrogen) atoms. The number of piperazine rings is 1. The van der Waals surface area contributed by atoms with E-state index in [0.29, 0.717) is 6.54 Å². The molecule has 0 atom stereocenters. The number of alkyl halides is 3. The van der Waals surface area contributed by atoms with Gasteiger partial charge in [-0.25, -0.2) is 13.1 Å². The van der Waals surface area contributed by atoms with Gasteiger partial charge in [-0.1, -0.05) is 12.1 Å². The highest BCUT2D eigenvalue weighted by Crippen LogP contribution is 2.22. The van der Waals surface area contributed by atoms with Crippen molar-refractivity contribution in [2.45, 2.75) is 17.5 Å². The van der Waals surface area contributed by atoms with Crippen LogP contribution in [0.4, 0.5) is 13.2 Å². The average Bonchev–Trinajstić information content (AvgIpc) is 2.47. The first kappa shape index (κ1) is 18.2. The molecule has 0 spiro atoms. The fourth-order valence-corrected chi connectivity index (χ4v) is 3.40. The smallest absolute Gasteiger partial charge is 0.314 e. The van der Waals surface area contributed by atoms with Gasteiger partial charge in [-0.3, -0.25) is 4.90 Å². The Labute approximate surface area is 133 Å². The molecule has 1 aliphatic heterocycles. The lowest BCUT2D eigenvalue weighted by atomic mass is 10.1. The molecule has 1 aromatic carbocycles. The number of benzene rings is 1. The first-order valence-electron chi connectivity index (χ1n) is 7.35. The molecule has 1 saturated heterocycles. The van der Waals surface area contributed by atoms with Gasteiger partial charge in [0.05, 0.1) is 11.3 Å². The van der Waals surface area contributed by atoms with Crippen molar-refractivity contribution < 1.29 is 21.6 Å². The molecule has 9 heteroatoms. The maximum absolute atomic E-state index is 12.3. The van der Waals surface area contributed by atoms with Gasteiger partial charge in [0.25, 0.3) is 0 Å². The van der Waals surface area contributed by atoms with Gasteiger partial charge in [0, 0.05) is 39.3 Å². The molecule has 1 heterocycles. The van der Waals surface area contributed by atoms with Crippen LogP contribution < -0.4 is 10.0 Å². The summed E-state index contributed by atoms with van der Waals surface area (Å²) in [6, 6.07) is 4.79. The van der Waals surface area contributed by atoms with Gasteiger partial charge in [0.2, 0.25) is 10.0 Å². The summed E-state index contributed by atoms with van der Waals surface area (Å²) < 4.78 is 63.5. The van der Waals surface area contributed by atoms with Crippen LogP contribution in [0, 0.1) is 0 Å². The summed E-state index contributed by atoms with van der Waals surface area (Å²) in [6.07, 6.45) is -5.37. The van der Waals surface area contributed by atoms with Crippen molar-refractivity contribution in [3.8, 4) is 0 Å². The summed E-state index contributed by atoms with van der Waals surface area (Å²) in [6.45, 7) is 4.38. The van der Waals surface area contributed by atoms with Gasteiger partial charge in [-0.15, -0.1) is 0 Å². The number of sulfonamides is 1. The van der Waals surface area contributed by atoms with Gasteiger partial charge in [-0.05, 0) is 17.7 Å². The van der Waals surface area contributed by atoms with Gasteiger partial charge in [0.1, 0.15) is 0 Å². The van der Waals surface area contributed by atoms with E-state index in [9.17, 15) is 21.6 Å². The predicted molar refractivity (Wildman–Crippen MR) is 80.7 cm³/mol. The van der Waals surface area contributed by atoms with Crippen molar-refractivity contribution in [1.29, 1.82) is 0 Å². The number of hydrogen-bond donors (Lipinski definition) is 2. The van der Waals surface area contributed by atoms with E-state index >= 15 is 0 Å². The van der Waals surface area contributed by atoms with Crippen LogP contribution in [-0.4, -0.2) is 58.8 Å². The second-order valence-electron chi connectivity index (χ2n) is 5.43. The molecule has 1 aromatic rings. The quantitative estimate of drug-likeness (QED) is 0.802. The molecule has 1 fully saturated rings. The maximum atomic E-state index is 12.3. The third-order valence-electron chi connectivity index (χ3n) is 3.57. The zero-order valence-electron chi connectivity index (χ0n) is 12.6. The van der Waals surface area contributed by atoms with Crippen LogP contribution in [0.5, 0.6) is 0 Å². The van der Waals surface area contributed by atoms with Gasteiger partial charge >= 0.3 is 6.18 Å². The van der Waals surface area contributed by atoms with E-state index in [1.54, 1.807) is 0 Å². The summed E-state index contributed by atoms with van der Waals surface area (Å²) in [4.78, 5) is 2.12. The number of hydrogen-bond acceptors (Lipinski definition) is 4. The Morgan fingerprint density at radius 3 is 2.30 bits per heavy atom. The van der Waals surface area contributed by atoms with Crippen molar-refractivity contribution in [3.05, 3.63) is 29.8 Å². The molecule has 0 unspecified atom stereocenters. The van der Waals surface area contributed by atoms with E-state index in [4.69, 9.17) is 0 Å². The van der Waals surface area contributed by atoms with Crippen molar-refractivity contribution in [2.24, 2.45) is 0 Å². The highest BCUT2D eigenvalue weighted by Gasteiger charge is 2.27. The Morgan fingerprint density at radius 2 is 1.74 bits per heavy atom. The third kappa shape index (κ3) is 6.09. The predicted octanol–water partition coefficient (Wildman–Crippen LogP) is 0.975. The molecule has 0 amide bonds.